The average Bonchev–Trinajstić information content (AvgIpc) is 2.40. The molecule has 4 nitrogen and oxygen atoms in total. The molecule has 0 atom stereocenters. The van der Waals surface area contributed by atoms with E-state index < -0.39 is 0 Å². The van der Waals surface area contributed by atoms with Crippen molar-refractivity contribution in [3.63, 3.8) is 0 Å². The predicted molar refractivity (Wildman–Crippen MR) is 69.9 cm³/mol. The number of quaternary nitrogens is 1. The third-order valence-electron chi connectivity index (χ3n) is 3.25. The molecule has 0 saturated heterocycles. The zero-order valence-electron chi connectivity index (χ0n) is 11.0. The normalized spacial score (nSPS) is 17.5. The molecule has 0 aromatic heterocycles. The van der Waals surface area contributed by atoms with Gasteiger partial charge in [-0.05, 0) is 18.4 Å². The summed E-state index contributed by atoms with van der Waals surface area (Å²) in [6.45, 7) is 0.286. The highest BCUT2D eigenvalue weighted by atomic mass is 16.5. The summed E-state index contributed by atoms with van der Waals surface area (Å²) in [4.78, 5) is 22.9. The molecule has 0 heterocycles. The fourth-order valence-electron chi connectivity index (χ4n) is 2.06. The summed E-state index contributed by atoms with van der Waals surface area (Å²) in [6, 6.07) is 9.56. The third kappa shape index (κ3) is 3.76. The van der Waals surface area contributed by atoms with Crippen LogP contribution in [0.3, 0.4) is 0 Å². The molecular formula is C15H18NO3+. The van der Waals surface area contributed by atoms with E-state index in [0.717, 1.165) is 11.1 Å². The van der Waals surface area contributed by atoms with Gasteiger partial charge in [-0.25, -0.2) is 9.59 Å². The number of ether oxygens (including phenoxy) is 1. The zero-order chi connectivity index (χ0) is 13.7. The zero-order valence-corrected chi connectivity index (χ0v) is 11.0. The van der Waals surface area contributed by atoms with Crippen LogP contribution in [0.2, 0.25) is 0 Å². The maximum absolute atomic E-state index is 11.6. The van der Waals surface area contributed by atoms with Crippen LogP contribution in [0.15, 0.2) is 42.0 Å². The number of hydrogen-bond donors (Lipinski definition) is 1. The van der Waals surface area contributed by atoms with Gasteiger partial charge in [-0.2, -0.15) is 0 Å². The molecule has 1 saturated carbocycles. The molecule has 0 radical (unpaired) electrons. The van der Waals surface area contributed by atoms with Crippen LogP contribution < -0.4 is 5.32 Å². The van der Waals surface area contributed by atoms with Crippen molar-refractivity contribution >= 4 is 11.9 Å². The summed E-state index contributed by atoms with van der Waals surface area (Å²) in [5.41, 5.74) is 1.97. The fraction of sp³-hybridized carbons (Fsp3) is 0.333. The largest absolute Gasteiger partial charge is 0.458 e. The summed E-state index contributed by atoms with van der Waals surface area (Å²) in [5.74, 6) is -0.0989. The van der Waals surface area contributed by atoms with Crippen LogP contribution in [0, 0.1) is 5.92 Å². The molecule has 0 aliphatic heterocycles. The Kier molecular flexibility index (Phi) is 4.47. The number of amides is 1. The summed E-state index contributed by atoms with van der Waals surface area (Å²) < 4.78 is 5.15. The number of rotatable bonds is 4. The molecule has 0 bridgehead atoms. The van der Waals surface area contributed by atoms with E-state index in [-0.39, 0.29) is 24.4 Å². The molecule has 1 fully saturated rings. The van der Waals surface area contributed by atoms with Gasteiger partial charge < -0.3 is 4.74 Å². The maximum atomic E-state index is 11.6. The van der Waals surface area contributed by atoms with Crippen LogP contribution in [-0.4, -0.2) is 18.9 Å². The lowest BCUT2D eigenvalue weighted by Crippen LogP contribution is -2.86. The molecule has 2 rings (SSSR count). The number of benzene rings is 1. The summed E-state index contributed by atoms with van der Waals surface area (Å²) in [6.07, 6.45) is 2.88. The molecule has 4 heteroatoms. The number of carbonyl (C=O) groups is 2. The minimum Gasteiger partial charge on any atom is -0.458 e. The summed E-state index contributed by atoms with van der Waals surface area (Å²) >= 11 is 0. The molecule has 1 aromatic rings. The topological polar surface area (TPSA) is 60.0 Å². The van der Waals surface area contributed by atoms with Crippen molar-refractivity contribution in [1.82, 2.24) is 0 Å². The number of allylic oxidation sites excluding steroid dienone is 1. The molecule has 100 valence electrons. The number of hydrogen-bond acceptors (Lipinski definition) is 3. The highest BCUT2D eigenvalue weighted by Crippen LogP contribution is 2.32. The Labute approximate surface area is 112 Å². The Balaban J connectivity index is 1.75. The highest BCUT2D eigenvalue weighted by molar-refractivity contribution is 5.84. The van der Waals surface area contributed by atoms with Crippen LogP contribution >= 0.6 is 0 Å². The lowest BCUT2D eigenvalue weighted by Gasteiger charge is -2.24. The van der Waals surface area contributed by atoms with E-state index in [2.05, 4.69) is 0 Å². The van der Waals surface area contributed by atoms with Crippen molar-refractivity contribution in [1.29, 1.82) is 0 Å². The summed E-state index contributed by atoms with van der Waals surface area (Å²) in [5, 5.41) is 1.59. The molecule has 1 aromatic carbocycles. The number of nitrogens with two attached hydrogens (primary N) is 1. The Hall–Kier alpha value is -1.94. The Morgan fingerprint density at radius 3 is 2.63 bits per heavy atom. The van der Waals surface area contributed by atoms with Gasteiger partial charge in [0.25, 0.3) is 0 Å². The maximum Gasteiger partial charge on any atom is 0.331 e. The van der Waals surface area contributed by atoms with Crippen molar-refractivity contribution in [2.75, 3.05) is 7.05 Å². The Bertz CT molecular complexity index is 485. The van der Waals surface area contributed by atoms with Gasteiger partial charge >= 0.3 is 11.9 Å². The molecule has 0 unspecified atom stereocenters. The van der Waals surface area contributed by atoms with Crippen molar-refractivity contribution in [3.05, 3.63) is 47.5 Å². The minimum absolute atomic E-state index is 0.0678. The second-order valence-electron chi connectivity index (χ2n) is 4.69. The van der Waals surface area contributed by atoms with Gasteiger partial charge in [0.15, 0.2) is 0 Å². The monoisotopic (exact) mass is 260 g/mol. The van der Waals surface area contributed by atoms with Crippen LogP contribution in [-0.2, 0) is 20.9 Å². The van der Waals surface area contributed by atoms with Crippen molar-refractivity contribution < 1.29 is 19.6 Å². The molecular weight excluding hydrogens is 242 g/mol. The first-order valence-electron chi connectivity index (χ1n) is 6.42. The van der Waals surface area contributed by atoms with E-state index in [9.17, 15) is 9.59 Å². The van der Waals surface area contributed by atoms with Gasteiger partial charge in [-0.3, -0.25) is 5.32 Å². The van der Waals surface area contributed by atoms with E-state index in [0.29, 0.717) is 12.8 Å². The summed E-state index contributed by atoms with van der Waals surface area (Å²) in [7, 11) is 1.75. The SMILES string of the molecule is C[NH2+]C(=O)C1CC(=CC(=O)OCc2ccccc2)C1. The van der Waals surface area contributed by atoms with Crippen LogP contribution in [0.25, 0.3) is 0 Å². The molecule has 19 heavy (non-hydrogen) atoms. The molecule has 1 aliphatic rings. The predicted octanol–water partition coefficient (Wildman–Crippen LogP) is 0.786. The first kappa shape index (κ1) is 13.5. The van der Waals surface area contributed by atoms with Crippen molar-refractivity contribution in [3.8, 4) is 0 Å². The van der Waals surface area contributed by atoms with E-state index in [1.165, 1.54) is 6.08 Å². The van der Waals surface area contributed by atoms with E-state index in [1.807, 2.05) is 30.3 Å². The van der Waals surface area contributed by atoms with Gasteiger partial charge in [0.05, 0.1) is 13.0 Å². The average molecular weight is 260 g/mol. The first-order chi connectivity index (χ1) is 9.19. The van der Waals surface area contributed by atoms with Crippen LogP contribution in [0.4, 0.5) is 0 Å². The van der Waals surface area contributed by atoms with Crippen LogP contribution in [0.1, 0.15) is 18.4 Å². The first-order valence-corrected chi connectivity index (χ1v) is 6.42. The molecule has 0 spiro atoms. The van der Waals surface area contributed by atoms with Gasteiger partial charge in [0, 0.05) is 6.08 Å². The standard InChI is InChI=1S/C15H17NO3/c1-16-15(18)13-7-12(8-13)9-14(17)19-10-11-5-3-2-4-6-11/h2-6,9,13H,7-8,10H2,1H3,(H,16,18)/p+1. The Morgan fingerprint density at radius 1 is 1.32 bits per heavy atom. The van der Waals surface area contributed by atoms with Crippen molar-refractivity contribution in [2.45, 2.75) is 19.4 Å². The number of esters is 1. The van der Waals surface area contributed by atoms with E-state index in [4.69, 9.17) is 4.74 Å². The fourth-order valence-corrected chi connectivity index (χ4v) is 2.06. The van der Waals surface area contributed by atoms with E-state index in [1.54, 1.807) is 12.4 Å². The quantitative estimate of drug-likeness (QED) is 0.643. The second kappa shape index (κ2) is 6.29. The Morgan fingerprint density at radius 2 is 2.00 bits per heavy atom. The number of carbonyl (C=O) groups excluding carboxylic acids is 2. The lowest BCUT2D eigenvalue weighted by molar-refractivity contribution is -0.543. The van der Waals surface area contributed by atoms with Gasteiger partial charge in [-0.1, -0.05) is 35.9 Å². The number of primary amides is 1. The van der Waals surface area contributed by atoms with Crippen LogP contribution in [0.5, 0.6) is 0 Å². The minimum atomic E-state index is -0.328. The molecule has 2 N–H and O–H groups in total. The highest BCUT2D eigenvalue weighted by Gasteiger charge is 2.32. The second-order valence-corrected chi connectivity index (χ2v) is 4.69. The van der Waals surface area contributed by atoms with Gasteiger partial charge in [0.1, 0.15) is 6.61 Å². The van der Waals surface area contributed by atoms with Gasteiger partial charge in [0.2, 0.25) is 0 Å². The lowest BCUT2D eigenvalue weighted by atomic mass is 9.79. The van der Waals surface area contributed by atoms with E-state index >= 15 is 0 Å². The molecule has 1 amide bonds. The third-order valence-corrected chi connectivity index (χ3v) is 3.25. The molecule has 1 aliphatic carbocycles. The van der Waals surface area contributed by atoms with Gasteiger partial charge in [-0.15, -0.1) is 0 Å². The van der Waals surface area contributed by atoms with Crippen molar-refractivity contribution in [2.24, 2.45) is 5.92 Å². The smallest absolute Gasteiger partial charge is 0.331 e.